The lowest BCUT2D eigenvalue weighted by Gasteiger charge is -2.12. The number of benzene rings is 1. The number of nitrogens with one attached hydrogen (secondary N) is 1. The lowest BCUT2D eigenvalue weighted by Crippen LogP contribution is -2.17. The minimum atomic E-state index is -0.833. The monoisotopic (exact) mass is 223 g/mol. The minimum absolute atomic E-state index is 0.468. The second-order valence-corrected chi connectivity index (χ2v) is 3.71. The fourth-order valence-electron chi connectivity index (χ4n) is 1.28. The van der Waals surface area contributed by atoms with E-state index in [-0.39, 0.29) is 0 Å². The van der Waals surface area contributed by atoms with Crippen molar-refractivity contribution in [3.8, 4) is 0 Å². The molecule has 0 unspecified atom stereocenters. The zero-order valence-electron chi connectivity index (χ0n) is 10.4. The number of hydrogen-bond acceptors (Lipinski definition) is 2. The van der Waals surface area contributed by atoms with Crippen LogP contribution in [-0.2, 0) is 4.79 Å². The summed E-state index contributed by atoms with van der Waals surface area (Å²) in [6, 6.07) is 9.15. The normalized spacial score (nSPS) is 11.2. The van der Waals surface area contributed by atoms with Crippen LogP contribution in [0.5, 0.6) is 0 Å². The number of carbonyl (C=O) groups is 1. The van der Waals surface area contributed by atoms with E-state index < -0.39 is 5.97 Å². The fourth-order valence-corrected chi connectivity index (χ4v) is 1.28. The third-order valence-electron chi connectivity index (χ3n) is 2.09. The second-order valence-electron chi connectivity index (χ2n) is 3.71. The maximum Gasteiger partial charge on any atom is 0.300 e. The predicted molar refractivity (Wildman–Crippen MR) is 66.6 cm³/mol. The van der Waals surface area contributed by atoms with Crippen LogP contribution in [0.1, 0.15) is 37.9 Å². The summed E-state index contributed by atoms with van der Waals surface area (Å²) in [5.74, 6) is -0.833. The molecular weight excluding hydrogens is 202 g/mol. The number of rotatable bonds is 3. The molecule has 0 fully saturated rings. The van der Waals surface area contributed by atoms with Gasteiger partial charge in [-0.1, -0.05) is 36.8 Å². The second kappa shape index (κ2) is 7.88. The van der Waals surface area contributed by atoms with Crippen molar-refractivity contribution in [2.75, 3.05) is 6.54 Å². The Hall–Kier alpha value is -1.35. The Morgan fingerprint density at radius 1 is 1.38 bits per heavy atom. The third kappa shape index (κ3) is 7.01. The molecule has 0 amide bonds. The molecule has 0 aromatic heterocycles. The van der Waals surface area contributed by atoms with Crippen molar-refractivity contribution in [2.45, 2.75) is 33.7 Å². The molecule has 3 heteroatoms. The summed E-state index contributed by atoms with van der Waals surface area (Å²) in [5, 5.41) is 10.8. The van der Waals surface area contributed by atoms with Crippen LogP contribution in [-0.4, -0.2) is 17.6 Å². The lowest BCUT2D eigenvalue weighted by atomic mass is 10.1. The van der Waals surface area contributed by atoms with E-state index in [1.54, 1.807) is 0 Å². The molecule has 90 valence electrons. The van der Waals surface area contributed by atoms with Crippen LogP contribution in [0.25, 0.3) is 0 Å². The smallest absolute Gasteiger partial charge is 0.300 e. The van der Waals surface area contributed by atoms with E-state index in [1.165, 1.54) is 11.1 Å². The van der Waals surface area contributed by atoms with Gasteiger partial charge >= 0.3 is 0 Å². The van der Waals surface area contributed by atoms with Crippen molar-refractivity contribution >= 4 is 5.97 Å². The standard InChI is InChI=1S/C11H17N.C2H4O2/c1-4-12-10(3)11-7-5-9(2)6-8-11;1-2(3)4/h5-8,10,12H,4H2,1-3H3;1H3,(H,3,4)/t10-;/m0./s1. The first-order valence-electron chi connectivity index (χ1n) is 5.46. The number of carboxylic acid groups (broad SMARTS) is 1. The van der Waals surface area contributed by atoms with Crippen molar-refractivity contribution in [1.29, 1.82) is 0 Å². The van der Waals surface area contributed by atoms with Gasteiger partial charge < -0.3 is 10.4 Å². The van der Waals surface area contributed by atoms with Crippen molar-refractivity contribution in [3.05, 3.63) is 35.4 Å². The van der Waals surface area contributed by atoms with E-state index in [4.69, 9.17) is 9.90 Å². The van der Waals surface area contributed by atoms with Crippen LogP contribution in [0.15, 0.2) is 24.3 Å². The summed E-state index contributed by atoms with van der Waals surface area (Å²) < 4.78 is 0. The molecule has 1 rings (SSSR count). The zero-order valence-corrected chi connectivity index (χ0v) is 10.4. The van der Waals surface area contributed by atoms with E-state index >= 15 is 0 Å². The van der Waals surface area contributed by atoms with E-state index in [0.717, 1.165) is 13.5 Å². The molecule has 0 aliphatic rings. The highest BCUT2D eigenvalue weighted by Gasteiger charge is 2.01. The Morgan fingerprint density at radius 2 is 1.81 bits per heavy atom. The van der Waals surface area contributed by atoms with Gasteiger partial charge in [0.2, 0.25) is 0 Å². The summed E-state index contributed by atoms with van der Waals surface area (Å²) in [5.41, 5.74) is 2.69. The molecule has 1 atom stereocenters. The molecule has 3 nitrogen and oxygen atoms in total. The number of hydrogen-bond donors (Lipinski definition) is 2. The van der Waals surface area contributed by atoms with Gasteiger partial charge in [-0.2, -0.15) is 0 Å². The molecule has 16 heavy (non-hydrogen) atoms. The van der Waals surface area contributed by atoms with Crippen LogP contribution in [0, 0.1) is 6.92 Å². The highest BCUT2D eigenvalue weighted by Crippen LogP contribution is 2.12. The van der Waals surface area contributed by atoms with E-state index in [2.05, 4.69) is 50.4 Å². The maximum absolute atomic E-state index is 9.00. The van der Waals surface area contributed by atoms with E-state index in [9.17, 15) is 0 Å². The van der Waals surface area contributed by atoms with Gasteiger partial charge in [-0.15, -0.1) is 0 Å². The Bertz CT molecular complexity index is 302. The third-order valence-corrected chi connectivity index (χ3v) is 2.09. The van der Waals surface area contributed by atoms with Crippen molar-refractivity contribution in [2.24, 2.45) is 0 Å². The van der Waals surface area contributed by atoms with Gasteiger partial charge in [0.1, 0.15) is 0 Å². The summed E-state index contributed by atoms with van der Waals surface area (Å²) >= 11 is 0. The van der Waals surface area contributed by atoms with Gasteiger partial charge in [-0.3, -0.25) is 4.79 Å². The first-order valence-corrected chi connectivity index (χ1v) is 5.46. The van der Waals surface area contributed by atoms with Crippen LogP contribution in [0.2, 0.25) is 0 Å². The minimum Gasteiger partial charge on any atom is -0.481 e. The lowest BCUT2D eigenvalue weighted by molar-refractivity contribution is -0.134. The molecule has 0 aliphatic heterocycles. The van der Waals surface area contributed by atoms with Gasteiger partial charge in [0, 0.05) is 13.0 Å². The topological polar surface area (TPSA) is 49.3 Å². The molecule has 2 N–H and O–H groups in total. The van der Waals surface area contributed by atoms with Crippen LogP contribution in [0.3, 0.4) is 0 Å². The van der Waals surface area contributed by atoms with Crippen molar-refractivity contribution in [3.63, 3.8) is 0 Å². The number of aliphatic carboxylic acids is 1. The maximum atomic E-state index is 9.00. The summed E-state index contributed by atoms with van der Waals surface area (Å²) in [7, 11) is 0. The first kappa shape index (κ1) is 14.6. The molecule has 0 heterocycles. The highest BCUT2D eigenvalue weighted by molar-refractivity contribution is 5.62. The quantitative estimate of drug-likeness (QED) is 0.828. The summed E-state index contributed by atoms with van der Waals surface area (Å²) in [6.07, 6.45) is 0. The Balaban J connectivity index is 0.000000487. The fraction of sp³-hybridized carbons (Fsp3) is 0.462. The van der Waals surface area contributed by atoms with Crippen LogP contribution in [0.4, 0.5) is 0 Å². The molecule has 1 aromatic rings. The molecule has 0 radical (unpaired) electrons. The molecule has 0 spiro atoms. The van der Waals surface area contributed by atoms with E-state index in [1.807, 2.05) is 0 Å². The Morgan fingerprint density at radius 3 is 2.19 bits per heavy atom. The molecule has 0 aliphatic carbocycles. The Kier molecular flexibility index (Phi) is 7.21. The SMILES string of the molecule is CC(=O)O.CCN[C@@H](C)c1ccc(C)cc1. The number of aryl methyl sites for hydroxylation is 1. The van der Waals surface area contributed by atoms with Crippen molar-refractivity contribution in [1.82, 2.24) is 5.32 Å². The highest BCUT2D eigenvalue weighted by atomic mass is 16.4. The van der Waals surface area contributed by atoms with E-state index in [0.29, 0.717) is 6.04 Å². The van der Waals surface area contributed by atoms with Gasteiger partial charge in [0.25, 0.3) is 5.97 Å². The number of carboxylic acids is 1. The largest absolute Gasteiger partial charge is 0.481 e. The summed E-state index contributed by atoms with van der Waals surface area (Å²) in [6.45, 7) is 8.54. The predicted octanol–water partition coefficient (Wildman–Crippen LogP) is 2.76. The van der Waals surface area contributed by atoms with Crippen LogP contribution < -0.4 is 5.32 Å². The summed E-state index contributed by atoms with van der Waals surface area (Å²) in [4.78, 5) is 9.00. The molecule has 0 bridgehead atoms. The molecule has 0 saturated carbocycles. The van der Waals surface area contributed by atoms with Gasteiger partial charge in [0.05, 0.1) is 0 Å². The average Bonchev–Trinajstić information content (AvgIpc) is 2.18. The molecular formula is C13H21NO2. The molecule has 1 aromatic carbocycles. The Labute approximate surface area is 97.5 Å². The van der Waals surface area contributed by atoms with Crippen LogP contribution >= 0.6 is 0 Å². The van der Waals surface area contributed by atoms with Gasteiger partial charge in [-0.05, 0) is 26.0 Å². The van der Waals surface area contributed by atoms with Gasteiger partial charge in [0.15, 0.2) is 0 Å². The first-order chi connectivity index (χ1) is 7.47. The van der Waals surface area contributed by atoms with Gasteiger partial charge in [-0.25, -0.2) is 0 Å². The van der Waals surface area contributed by atoms with Crippen molar-refractivity contribution < 1.29 is 9.90 Å². The average molecular weight is 223 g/mol. The molecule has 0 saturated heterocycles. The zero-order chi connectivity index (χ0) is 12.6.